The van der Waals surface area contributed by atoms with E-state index in [1.807, 2.05) is 48.5 Å². The molecule has 0 aliphatic heterocycles. The Hall–Kier alpha value is -2.35. The first kappa shape index (κ1) is 10.8. The summed E-state index contributed by atoms with van der Waals surface area (Å²) in [5.41, 5.74) is 3.57. The lowest BCUT2D eigenvalue weighted by atomic mass is 9.80. The van der Waals surface area contributed by atoms with Gasteiger partial charge in [0.15, 0.2) is 5.78 Å². The molecular formula is C16H12O2. The summed E-state index contributed by atoms with van der Waals surface area (Å²) in [7, 11) is 1.60. The van der Waals surface area contributed by atoms with Gasteiger partial charge in [-0.25, -0.2) is 0 Å². The highest BCUT2D eigenvalue weighted by Gasteiger charge is 2.29. The largest absolute Gasteiger partial charge is 0.497 e. The summed E-state index contributed by atoms with van der Waals surface area (Å²) in [6.07, 6.45) is 1.93. The monoisotopic (exact) mass is 236 g/mol. The maximum atomic E-state index is 12.0. The Balaban J connectivity index is 2.02. The minimum absolute atomic E-state index is 0.0905. The third kappa shape index (κ3) is 1.63. The van der Waals surface area contributed by atoms with Crippen LogP contribution in [0, 0.1) is 0 Å². The molecule has 2 heteroatoms. The molecule has 2 aromatic rings. The molecule has 0 aromatic heterocycles. The molecule has 0 saturated carbocycles. The molecule has 2 nitrogen and oxygen atoms in total. The van der Waals surface area contributed by atoms with Crippen molar-refractivity contribution >= 4 is 17.4 Å². The number of fused-ring (bicyclic) bond motifs is 1. The van der Waals surface area contributed by atoms with Crippen LogP contribution >= 0.6 is 0 Å². The Labute approximate surface area is 106 Å². The molecule has 0 amide bonds. The van der Waals surface area contributed by atoms with Crippen molar-refractivity contribution in [1.82, 2.24) is 0 Å². The van der Waals surface area contributed by atoms with Crippen LogP contribution in [0.25, 0.3) is 11.6 Å². The second-order valence-corrected chi connectivity index (χ2v) is 4.21. The van der Waals surface area contributed by atoms with Crippen molar-refractivity contribution in [2.75, 3.05) is 7.11 Å². The fourth-order valence-electron chi connectivity index (χ4n) is 2.14. The third-order valence-electron chi connectivity index (χ3n) is 3.12. The van der Waals surface area contributed by atoms with Gasteiger partial charge in [-0.15, -0.1) is 0 Å². The van der Waals surface area contributed by atoms with E-state index >= 15 is 0 Å². The number of benzene rings is 2. The van der Waals surface area contributed by atoms with E-state index in [-0.39, 0.29) is 5.78 Å². The van der Waals surface area contributed by atoms with Crippen molar-refractivity contribution in [3.8, 4) is 5.75 Å². The molecule has 18 heavy (non-hydrogen) atoms. The lowest BCUT2D eigenvalue weighted by Crippen LogP contribution is -2.17. The Morgan fingerprint density at radius 1 is 1.00 bits per heavy atom. The molecule has 1 aliphatic rings. The summed E-state index contributed by atoms with van der Waals surface area (Å²) in [5, 5.41) is 0. The zero-order valence-corrected chi connectivity index (χ0v) is 10.0. The molecule has 0 spiro atoms. The van der Waals surface area contributed by atoms with Crippen LogP contribution < -0.4 is 4.74 Å². The predicted molar refractivity (Wildman–Crippen MR) is 71.6 cm³/mol. The van der Waals surface area contributed by atoms with Crippen LogP contribution in [0.2, 0.25) is 0 Å². The van der Waals surface area contributed by atoms with Gasteiger partial charge < -0.3 is 4.74 Å². The molecule has 0 saturated heterocycles. The fourth-order valence-corrected chi connectivity index (χ4v) is 2.14. The number of methoxy groups -OCH3 is 1. The zero-order valence-electron chi connectivity index (χ0n) is 10.0. The van der Waals surface area contributed by atoms with Crippen molar-refractivity contribution < 1.29 is 9.53 Å². The molecule has 0 fully saturated rings. The first-order valence-electron chi connectivity index (χ1n) is 5.79. The molecule has 88 valence electrons. The average molecular weight is 236 g/mol. The van der Waals surface area contributed by atoms with Crippen LogP contribution in [0.1, 0.15) is 21.5 Å². The van der Waals surface area contributed by atoms with Crippen LogP contribution in [-0.2, 0) is 0 Å². The molecular weight excluding hydrogens is 224 g/mol. The number of hydrogen-bond acceptors (Lipinski definition) is 2. The summed E-state index contributed by atoms with van der Waals surface area (Å²) >= 11 is 0. The minimum atomic E-state index is 0.0905. The molecule has 1 aliphatic carbocycles. The summed E-state index contributed by atoms with van der Waals surface area (Å²) < 4.78 is 5.11. The quantitative estimate of drug-likeness (QED) is 0.747. The van der Waals surface area contributed by atoms with E-state index < -0.39 is 0 Å². The Bertz CT molecular complexity index is 639. The Morgan fingerprint density at radius 3 is 2.50 bits per heavy atom. The topological polar surface area (TPSA) is 26.3 Å². The zero-order chi connectivity index (χ0) is 12.5. The lowest BCUT2D eigenvalue weighted by Gasteiger charge is -2.21. The van der Waals surface area contributed by atoms with Gasteiger partial charge in [0, 0.05) is 11.1 Å². The number of ketones is 1. The van der Waals surface area contributed by atoms with Crippen molar-refractivity contribution in [1.29, 1.82) is 0 Å². The number of allylic oxidation sites excluding steroid dienone is 1. The van der Waals surface area contributed by atoms with Gasteiger partial charge in [-0.2, -0.15) is 0 Å². The van der Waals surface area contributed by atoms with Gasteiger partial charge >= 0.3 is 0 Å². The molecule has 3 rings (SSSR count). The van der Waals surface area contributed by atoms with Gasteiger partial charge in [-0.1, -0.05) is 30.3 Å². The van der Waals surface area contributed by atoms with Gasteiger partial charge in [-0.3, -0.25) is 4.79 Å². The Morgan fingerprint density at radius 2 is 1.78 bits per heavy atom. The van der Waals surface area contributed by atoms with E-state index in [9.17, 15) is 4.79 Å². The van der Waals surface area contributed by atoms with Crippen LogP contribution in [0.15, 0.2) is 48.5 Å². The van der Waals surface area contributed by atoms with Crippen molar-refractivity contribution in [3.05, 3.63) is 65.2 Å². The minimum Gasteiger partial charge on any atom is -0.497 e. The van der Waals surface area contributed by atoms with E-state index in [0.29, 0.717) is 0 Å². The van der Waals surface area contributed by atoms with Gasteiger partial charge in [0.1, 0.15) is 5.75 Å². The second-order valence-electron chi connectivity index (χ2n) is 4.21. The molecule has 0 unspecified atom stereocenters. The van der Waals surface area contributed by atoms with Crippen molar-refractivity contribution in [2.45, 2.75) is 0 Å². The van der Waals surface area contributed by atoms with Crippen molar-refractivity contribution in [2.24, 2.45) is 0 Å². The number of Topliss-reactive ketones (excluding diaryl/α,β-unsaturated/α-hetero) is 1. The highest BCUT2D eigenvalue weighted by atomic mass is 16.5. The summed E-state index contributed by atoms with van der Waals surface area (Å²) in [6, 6.07) is 15.5. The molecule has 0 bridgehead atoms. The summed E-state index contributed by atoms with van der Waals surface area (Å²) in [5.74, 6) is 0.814. The lowest BCUT2D eigenvalue weighted by molar-refractivity contribution is 0.104. The van der Waals surface area contributed by atoms with Gasteiger partial charge in [0.2, 0.25) is 0 Å². The van der Waals surface area contributed by atoms with Gasteiger partial charge in [0.25, 0.3) is 0 Å². The molecule has 0 radical (unpaired) electrons. The summed E-state index contributed by atoms with van der Waals surface area (Å²) in [4.78, 5) is 12.0. The molecule has 0 heterocycles. The molecule has 0 N–H and O–H groups in total. The maximum Gasteiger partial charge on any atom is 0.194 e. The van der Waals surface area contributed by atoms with E-state index in [1.54, 1.807) is 13.2 Å². The third-order valence-corrected chi connectivity index (χ3v) is 3.12. The highest BCUT2D eigenvalue weighted by Crippen LogP contribution is 2.37. The predicted octanol–water partition coefficient (Wildman–Crippen LogP) is 3.43. The summed E-state index contributed by atoms with van der Waals surface area (Å²) in [6.45, 7) is 0. The first-order chi connectivity index (χ1) is 8.79. The number of carbonyl (C=O) groups is 1. The fraction of sp³-hybridized carbons (Fsp3) is 0.0625. The first-order valence-corrected chi connectivity index (χ1v) is 5.79. The normalized spacial score (nSPS) is 15.2. The van der Waals surface area contributed by atoms with E-state index in [1.165, 1.54) is 0 Å². The number of ether oxygens (including phenoxy) is 1. The highest BCUT2D eigenvalue weighted by molar-refractivity contribution is 6.42. The van der Waals surface area contributed by atoms with Crippen molar-refractivity contribution in [3.63, 3.8) is 0 Å². The van der Waals surface area contributed by atoms with Crippen LogP contribution in [0.3, 0.4) is 0 Å². The van der Waals surface area contributed by atoms with E-state index in [2.05, 4.69) is 0 Å². The number of carbonyl (C=O) groups excluding carboxylic acids is 1. The van der Waals surface area contributed by atoms with Crippen LogP contribution in [-0.4, -0.2) is 12.9 Å². The standard InChI is InChI=1S/C16H12O2/c1-18-12-7-8-13-14(16(17)15(13)10-12)9-11-5-3-2-4-6-11/h2-10H,1H3/b14-9-. The van der Waals surface area contributed by atoms with E-state index in [4.69, 9.17) is 4.74 Å². The van der Waals surface area contributed by atoms with Gasteiger partial charge in [-0.05, 0) is 35.4 Å². The van der Waals surface area contributed by atoms with Crippen LogP contribution in [0.5, 0.6) is 5.75 Å². The second kappa shape index (κ2) is 4.15. The Kier molecular flexibility index (Phi) is 2.49. The average Bonchev–Trinajstić information content (AvgIpc) is 2.45. The smallest absolute Gasteiger partial charge is 0.194 e. The maximum absolute atomic E-state index is 12.0. The van der Waals surface area contributed by atoms with Crippen LogP contribution in [0.4, 0.5) is 0 Å². The van der Waals surface area contributed by atoms with E-state index in [0.717, 1.165) is 28.0 Å². The molecule has 2 aromatic carbocycles. The SMILES string of the molecule is COc1ccc2c(c1)C(=O)/C2=C\c1ccccc1. The molecule has 0 atom stereocenters. The number of rotatable bonds is 2. The number of hydrogen-bond donors (Lipinski definition) is 0. The van der Waals surface area contributed by atoms with Gasteiger partial charge in [0.05, 0.1) is 7.11 Å².